The van der Waals surface area contributed by atoms with Crippen LogP contribution < -0.4 is 10.6 Å². The standard InChI is InChI=1S/C13H9BrClN3O2/c14-8-4-1-2-5-9(8)17-12(19)13(20)18-10-6-3-7-16-11(10)15/h1-7H,(H,17,19)(H,18,20). The third-order valence-electron chi connectivity index (χ3n) is 2.34. The fourth-order valence-electron chi connectivity index (χ4n) is 1.40. The molecule has 2 rings (SSSR count). The molecule has 0 aliphatic heterocycles. The number of carbonyl (C=O) groups is 2. The van der Waals surface area contributed by atoms with E-state index < -0.39 is 11.8 Å². The van der Waals surface area contributed by atoms with Crippen molar-refractivity contribution in [2.24, 2.45) is 0 Å². The van der Waals surface area contributed by atoms with Crippen molar-refractivity contribution in [1.29, 1.82) is 0 Å². The van der Waals surface area contributed by atoms with Crippen LogP contribution >= 0.6 is 27.5 Å². The lowest BCUT2D eigenvalue weighted by Gasteiger charge is -2.08. The van der Waals surface area contributed by atoms with Crippen molar-refractivity contribution in [2.45, 2.75) is 0 Å². The van der Waals surface area contributed by atoms with Crippen molar-refractivity contribution in [3.8, 4) is 0 Å². The number of nitrogens with zero attached hydrogens (tertiary/aromatic N) is 1. The summed E-state index contributed by atoms with van der Waals surface area (Å²) in [5.41, 5.74) is 0.784. The summed E-state index contributed by atoms with van der Waals surface area (Å²) in [5, 5.41) is 5.00. The Morgan fingerprint density at radius 1 is 1.00 bits per heavy atom. The molecule has 0 bridgehead atoms. The van der Waals surface area contributed by atoms with Gasteiger partial charge in [-0.15, -0.1) is 0 Å². The topological polar surface area (TPSA) is 71.1 Å². The Bertz CT molecular complexity index is 606. The number of nitrogens with one attached hydrogen (secondary N) is 2. The van der Waals surface area contributed by atoms with E-state index in [0.717, 1.165) is 0 Å². The van der Waals surface area contributed by atoms with Gasteiger partial charge in [0.1, 0.15) is 0 Å². The normalized spacial score (nSPS) is 9.90. The molecule has 102 valence electrons. The molecule has 2 amide bonds. The number of hydrogen-bond acceptors (Lipinski definition) is 3. The van der Waals surface area contributed by atoms with Crippen molar-refractivity contribution in [1.82, 2.24) is 4.98 Å². The number of anilines is 2. The molecule has 0 fully saturated rings. The molecule has 0 unspecified atom stereocenters. The second kappa shape index (κ2) is 6.49. The van der Waals surface area contributed by atoms with E-state index in [1.165, 1.54) is 6.20 Å². The summed E-state index contributed by atoms with van der Waals surface area (Å²) < 4.78 is 0.681. The number of rotatable bonds is 2. The fourth-order valence-corrected chi connectivity index (χ4v) is 1.95. The zero-order valence-electron chi connectivity index (χ0n) is 10.1. The highest BCUT2D eigenvalue weighted by Gasteiger charge is 2.16. The SMILES string of the molecule is O=C(Nc1ccccc1Br)C(=O)Nc1cccnc1Cl. The lowest BCUT2D eigenvalue weighted by Crippen LogP contribution is -2.29. The largest absolute Gasteiger partial charge is 0.317 e. The molecule has 5 nitrogen and oxygen atoms in total. The molecule has 2 aromatic rings. The monoisotopic (exact) mass is 353 g/mol. The number of pyridine rings is 1. The van der Waals surface area contributed by atoms with Gasteiger partial charge >= 0.3 is 11.8 Å². The van der Waals surface area contributed by atoms with Crippen LogP contribution in [-0.4, -0.2) is 16.8 Å². The van der Waals surface area contributed by atoms with Gasteiger partial charge in [0.25, 0.3) is 0 Å². The third-order valence-corrected chi connectivity index (χ3v) is 3.33. The van der Waals surface area contributed by atoms with E-state index in [0.29, 0.717) is 10.2 Å². The summed E-state index contributed by atoms with van der Waals surface area (Å²) in [6.07, 6.45) is 1.49. The van der Waals surface area contributed by atoms with E-state index in [1.807, 2.05) is 0 Å². The van der Waals surface area contributed by atoms with Crippen LogP contribution in [0.4, 0.5) is 11.4 Å². The van der Waals surface area contributed by atoms with Crippen molar-refractivity contribution in [3.05, 3.63) is 52.2 Å². The summed E-state index contributed by atoms with van der Waals surface area (Å²) in [7, 11) is 0. The molecule has 0 radical (unpaired) electrons. The second-order valence-electron chi connectivity index (χ2n) is 3.73. The maximum absolute atomic E-state index is 11.8. The van der Waals surface area contributed by atoms with Gasteiger partial charge in [0.15, 0.2) is 5.15 Å². The Balaban J connectivity index is 2.05. The van der Waals surface area contributed by atoms with Crippen LogP contribution in [0.3, 0.4) is 0 Å². The summed E-state index contributed by atoms with van der Waals surface area (Å²) in [4.78, 5) is 27.3. The molecule has 0 aliphatic rings. The number of hydrogen-bond donors (Lipinski definition) is 2. The van der Waals surface area contributed by atoms with Crippen LogP contribution in [0.25, 0.3) is 0 Å². The predicted octanol–water partition coefficient (Wildman–Crippen LogP) is 3.07. The van der Waals surface area contributed by atoms with Crippen molar-refractivity contribution >= 4 is 50.7 Å². The molecule has 0 spiro atoms. The molecule has 2 N–H and O–H groups in total. The van der Waals surface area contributed by atoms with Gasteiger partial charge in [0.2, 0.25) is 0 Å². The number of aromatic nitrogens is 1. The number of halogens is 2. The van der Waals surface area contributed by atoms with Crippen LogP contribution in [0, 0.1) is 0 Å². The molecule has 0 saturated heterocycles. The molecule has 1 aromatic carbocycles. The molecule has 0 atom stereocenters. The summed E-state index contributed by atoms with van der Waals surface area (Å²) >= 11 is 9.07. The van der Waals surface area contributed by atoms with E-state index in [1.54, 1.807) is 36.4 Å². The molecule has 0 saturated carbocycles. The molecule has 7 heteroatoms. The maximum Gasteiger partial charge on any atom is 0.314 e. The van der Waals surface area contributed by atoms with Crippen molar-refractivity contribution in [2.75, 3.05) is 10.6 Å². The predicted molar refractivity (Wildman–Crippen MR) is 80.6 cm³/mol. The lowest BCUT2D eigenvalue weighted by atomic mass is 10.3. The van der Waals surface area contributed by atoms with Crippen molar-refractivity contribution < 1.29 is 9.59 Å². The minimum atomic E-state index is -0.823. The van der Waals surface area contributed by atoms with Crippen LogP contribution in [-0.2, 0) is 9.59 Å². The molecule has 0 aliphatic carbocycles. The first kappa shape index (κ1) is 14.5. The van der Waals surface area contributed by atoms with Crippen molar-refractivity contribution in [3.63, 3.8) is 0 Å². The highest BCUT2D eigenvalue weighted by atomic mass is 79.9. The summed E-state index contributed by atoms with van der Waals surface area (Å²) in [6.45, 7) is 0. The average Bonchev–Trinajstić information content (AvgIpc) is 2.43. The summed E-state index contributed by atoms with van der Waals surface area (Å²) in [6, 6.07) is 10.1. The fraction of sp³-hybridized carbons (Fsp3) is 0. The molecular weight excluding hydrogens is 346 g/mol. The Morgan fingerprint density at radius 3 is 2.25 bits per heavy atom. The smallest absolute Gasteiger partial charge is 0.314 e. The second-order valence-corrected chi connectivity index (χ2v) is 4.94. The van der Waals surface area contributed by atoms with Gasteiger partial charge in [-0.1, -0.05) is 23.7 Å². The number of benzene rings is 1. The van der Waals surface area contributed by atoms with Crippen LogP contribution in [0.15, 0.2) is 47.1 Å². The molecule has 20 heavy (non-hydrogen) atoms. The number of para-hydroxylation sites is 1. The van der Waals surface area contributed by atoms with E-state index in [4.69, 9.17) is 11.6 Å². The Morgan fingerprint density at radius 2 is 1.60 bits per heavy atom. The van der Waals surface area contributed by atoms with Gasteiger partial charge in [-0.05, 0) is 40.2 Å². The van der Waals surface area contributed by atoms with E-state index >= 15 is 0 Å². The van der Waals surface area contributed by atoms with E-state index in [-0.39, 0.29) is 10.8 Å². The zero-order valence-corrected chi connectivity index (χ0v) is 12.4. The first-order valence-corrected chi connectivity index (χ1v) is 6.72. The first-order valence-electron chi connectivity index (χ1n) is 5.55. The Kier molecular flexibility index (Phi) is 4.70. The van der Waals surface area contributed by atoms with Gasteiger partial charge in [0, 0.05) is 10.7 Å². The molecular formula is C13H9BrClN3O2. The molecule has 1 heterocycles. The minimum Gasteiger partial charge on any atom is -0.317 e. The minimum absolute atomic E-state index is 0.120. The van der Waals surface area contributed by atoms with Crippen LogP contribution in [0.1, 0.15) is 0 Å². The van der Waals surface area contributed by atoms with Crippen LogP contribution in [0.5, 0.6) is 0 Å². The molecule has 1 aromatic heterocycles. The highest BCUT2D eigenvalue weighted by molar-refractivity contribution is 9.10. The lowest BCUT2D eigenvalue weighted by molar-refractivity contribution is -0.133. The van der Waals surface area contributed by atoms with E-state index in [9.17, 15) is 9.59 Å². The quantitative estimate of drug-likeness (QED) is 0.643. The number of carbonyl (C=O) groups excluding carboxylic acids is 2. The zero-order chi connectivity index (χ0) is 14.5. The Labute approximate surface area is 128 Å². The third kappa shape index (κ3) is 3.55. The number of amides is 2. The summed E-state index contributed by atoms with van der Waals surface area (Å²) in [5.74, 6) is -1.62. The maximum atomic E-state index is 11.8. The van der Waals surface area contributed by atoms with Gasteiger partial charge in [-0.25, -0.2) is 4.98 Å². The Hall–Kier alpha value is -1.92. The van der Waals surface area contributed by atoms with Gasteiger partial charge in [-0.3, -0.25) is 9.59 Å². The average molecular weight is 355 g/mol. The van der Waals surface area contributed by atoms with Crippen LogP contribution in [0.2, 0.25) is 5.15 Å². The van der Waals surface area contributed by atoms with Gasteiger partial charge in [-0.2, -0.15) is 0 Å². The van der Waals surface area contributed by atoms with E-state index in [2.05, 4.69) is 31.5 Å². The van der Waals surface area contributed by atoms with Gasteiger partial charge in [0.05, 0.1) is 11.4 Å². The highest BCUT2D eigenvalue weighted by Crippen LogP contribution is 2.21. The van der Waals surface area contributed by atoms with Gasteiger partial charge < -0.3 is 10.6 Å². The first-order chi connectivity index (χ1) is 9.58.